The number of rotatable bonds is 4. The van der Waals surface area contributed by atoms with Crippen LogP contribution < -0.4 is 0 Å². The molecule has 1 atom stereocenters. The lowest BCUT2D eigenvalue weighted by Crippen LogP contribution is -2.42. The zero-order chi connectivity index (χ0) is 16.4. The van der Waals surface area contributed by atoms with Gasteiger partial charge in [0.2, 0.25) is 0 Å². The Labute approximate surface area is 141 Å². The van der Waals surface area contributed by atoms with Gasteiger partial charge in [-0.05, 0) is 40.9 Å². The third-order valence-corrected chi connectivity index (χ3v) is 4.26. The van der Waals surface area contributed by atoms with Crippen LogP contribution in [0.15, 0.2) is 33.4 Å². The van der Waals surface area contributed by atoms with Gasteiger partial charge in [-0.25, -0.2) is 0 Å². The van der Waals surface area contributed by atoms with Gasteiger partial charge in [0.1, 0.15) is 5.76 Å². The second-order valence-corrected chi connectivity index (χ2v) is 6.47. The minimum atomic E-state index is -0.855. The molecular weight excluding hydrogens is 366 g/mol. The second-order valence-electron chi connectivity index (χ2n) is 5.55. The van der Waals surface area contributed by atoms with E-state index in [1.807, 2.05) is 6.20 Å². The zero-order valence-corrected chi connectivity index (χ0v) is 13.9. The maximum atomic E-state index is 12.4. The lowest BCUT2D eigenvalue weighted by molar-refractivity contribution is -0.143. The highest BCUT2D eigenvalue weighted by Crippen LogP contribution is 2.20. The average Bonchev–Trinajstić information content (AvgIpc) is 3.16. The van der Waals surface area contributed by atoms with E-state index in [2.05, 4.69) is 21.0 Å². The summed E-state index contributed by atoms with van der Waals surface area (Å²) in [4.78, 5) is 25.1. The van der Waals surface area contributed by atoms with Gasteiger partial charge in [0.05, 0.1) is 23.1 Å². The minimum Gasteiger partial charge on any atom is -0.481 e. The number of carbonyl (C=O) groups excluding carboxylic acids is 1. The van der Waals surface area contributed by atoms with Gasteiger partial charge in [-0.3, -0.25) is 14.3 Å². The van der Waals surface area contributed by atoms with Crippen LogP contribution >= 0.6 is 15.9 Å². The van der Waals surface area contributed by atoms with Gasteiger partial charge in [0, 0.05) is 19.3 Å². The summed E-state index contributed by atoms with van der Waals surface area (Å²) in [7, 11) is 0. The van der Waals surface area contributed by atoms with Crippen molar-refractivity contribution in [3.8, 4) is 0 Å². The molecule has 23 heavy (non-hydrogen) atoms. The van der Waals surface area contributed by atoms with Crippen molar-refractivity contribution in [2.24, 2.45) is 5.92 Å². The molecular formula is C15H16BrN3O4. The number of carboxylic acid groups (broad SMARTS) is 1. The number of amides is 1. The van der Waals surface area contributed by atoms with Crippen molar-refractivity contribution >= 4 is 27.8 Å². The lowest BCUT2D eigenvalue weighted by atomic mass is 9.98. The fraction of sp³-hybridized carbons (Fsp3) is 0.400. The van der Waals surface area contributed by atoms with Gasteiger partial charge >= 0.3 is 5.97 Å². The molecule has 0 saturated carbocycles. The lowest BCUT2D eigenvalue weighted by Gasteiger charge is -2.29. The summed E-state index contributed by atoms with van der Waals surface area (Å²) in [6.07, 6.45) is 4.79. The molecule has 0 spiro atoms. The highest BCUT2D eigenvalue weighted by Gasteiger charge is 2.29. The van der Waals surface area contributed by atoms with Crippen molar-refractivity contribution in [3.63, 3.8) is 0 Å². The van der Waals surface area contributed by atoms with Crippen LogP contribution in [0.3, 0.4) is 0 Å². The number of hydrogen-bond donors (Lipinski definition) is 1. The van der Waals surface area contributed by atoms with Crippen molar-refractivity contribution < 1.29 is 19.1 Å². The molecule has 0 aromatic carbocycles. The summed E-state index contributed by atoms with van der Waals surface area (Å²) in [5, 5.41) is 13.2. The Morgan fingerprint density at radius 2 is 2.26 bits per heavy atom. The Morgan fingerprint density at radius 3 is 2.96 bits per heavy atom. The number of aliphatic carboxylic acids is 1. The van der Waals surface area contributed by atoms with Crippen LogP contribution in [-0.2, 0) is 11.3 Å². The quantitative estimate of drug-likeness (QED) is 0.876. The van der Waals surface area contributed by atoms with Crippen molar-refractivity contribution in [1.29, 1.82) is 0 Å². The van der Waals surface area contributed by atoms with Crippen molar-refractivity contribution in [1.82, 2.24) is 14.7 Å². The smallest absolute Gasteiger partial charge is 0.308 e. The minimum absolute atomic E-state index is 0.232. The predicted molar refractivity (Wildman–Crippen MR) is 84.0 cm³/mol. The number of piperidine rings is 1. The fourth-order valence-electron chi connectivity index (χ4n) is 2.68. The molecule has 2 aromatic heterocycles. The summed E-state index contributed by atoms with van der Waals surface area (Å²) in [5.74, 6) is -0.757. The molecule has 8 heteroatoms. The maximum absolute atomic E-state index is 12.4. The largest absolute Gasteiger partial charge is 0.481 e. The summed E-state index contributed by atoms with van der Waals surface area (Å²) >= 11 is 3.32. The van der Waals surface area contributed by atoms with Gasteiger partial charge in [0.25, 0.3) is 5.91 Å². The molecule has 1 fully saturated rings. The second kappa shape index (κ2) is 6.57. The molecule has 1 aliphatic rings. The molecule has 1 aliphatic heterocycles. The number of carbonyl (C=O) groups is 2. The van der Waals surface area contributed by atoms with E-state index in [9.17, 15) is 9.59 Å². The molecule has 0 radical (unpaired) electrons. The molecule has 3 heterocycles. The van der Waals surface area contributed by atoms with Crippen LogP contribution in [-0.4, -0.2) is 44.8 Å². The van der Waals surface area contributed by atoms with E-state index in [-0.39, 0.29) is 18.2 Å². The Kier molecular flexibility index (Phi) is 4.51. The Morgan fingerprint density at radius 1 is 1.43 bits per heavy atom. The van der Waals surface area contributed by atoms with Crippen LogP contribution in [0.1, 0.15) is 29.2 Å². The number of hydrogen-bond acceptors (Lipinski definition) is 4. The van der Waals surface area contributed by atoms with Crippen LogP contribution in [0.5, 0.6) is 0 Å². The van der Waals surface area contributed by atoms with E-state index in [0.717, 1.165) is 4.47 Å². The SMILES string of the molecule is O=C(O)[C@@H]1CCCN(C(=O)c2ccc(Cn3cc(Br)cn3)o2)C1. The van der Waals surface area contributed by atoms with E-state index in [4.69, 9.17) is 9.52 Å². The van der Waals surface area contributed by atoms with Crippen molar-refractivity contribution in [3.05, 3.63) is 40.5 Å². The first kappa shape index (κ1) is 15.8. The topological polar surface area (TPSA) is 88.6 Å². The zero-order valence-electron chi connectivity index (χ0n) is 12.3. The maximum Gasteiger partial charge on any atom is 0.308 e. The number of halogens is 1. The molecule has 1 saturated heterocycles. The van der Waals surface area contributed by atoms with Gasteiger partial charge in [-0.15, -0.1) is 0 Å². The summed E-state index contributed by atoms with van der Waals surface area (Å²) in [6, 6.07) is 3.36. The van der Waals surface area contributed by atoms with Crippen LogP contribution in [0.4, 0.5) is 0 Å². The summed E-state index contributed by atoms with van der Waals surface area (Å²) in [6.45, 7) is 1.22. The standard InChI is InChI=1S/C15H16BrN3O4/c16-11-6-17-19(8-11)9-12-3-4-13(23-12)14(20)18-5-1-2-10(7-18)15(21)22/h3-4,6,8,10H,1-2,5,7,9H2,(H,21,22)/t10-/m1/s1. The van der Waals surface area contributed by atoms with E-state index in [1.165, 1.54) is 0 Å². The molecule has 0 unspecified atom stereocenters. The third-order valence-electron chi connectivity index (χ3n) is 3.85. The molecule has 1 amide bonds. The van der Waals surface area contributed by atoms with Gasteiger partial charge in [-0.2, -0.15) is 5.10 Å². The number of likely N-dealkylation sites (tertiary alicyclic amines) is 1. The summed E-state index contributed by atoms with van der Waals surface area (Å²) in [5.41, 5.74) is 0. The first-order valence-electron chi connectivity index (χ1n) is 7.31. The van der Waals surface area contributed by atoms with Gasteiger partial charge in [-0.1, -0.05) is 0 Å². The van der Waals surface area contributed by atoms with Gasteiger partial charge in [0.15, 0.2) is 5.76 Å². The van der Waals surface area contributed by atoms with Crippen molar-refractivity contribution in [2.45, 2.75) is 19.4 Å². The average molecular weight is 382 g/mol. The first-order valence-corrected chi connectivity index (χ1v) is 8.11. The number of carboxylic acids is 1. The predicted octanol–water partition coefficient (Wildman–Crippen LogP) is 2.22. The van der Waals surface area contributed by atoms with Crippen LogP contribution in [0.2, 0.25) is 0 Å². The first-order chi connectivity index (χ1) is 11.0. The number of aromatic nitrogens is 2. The molecule has 0 aliphatic carbocycles. The highest BCUT2D eigenvalue weighted by molar-refractivity contribution is 9.10. The Bertz CT molecular complexity index is 724. The number of furan rings is 1. The molecule has 7 nitrogen and oxygen atoms in total. The summed E-state index contributed by atoms with van der Waals surface area (Å²) < 4.78 is 8.15. The monoisotopic (exact) mass is 381 g/mol. The van der Waals surface area contributed by atoms with E-state index in [0.29, 0.717) is 31.7 Å². The Balaban J connectivity index is 1.67. The van der Waals surface area contributed by atoms with E-state index in [1.54, 1.807) is 27.9 Å². The normalized spacial score (nSPS) is 18.1. The number of nitrogens with zero attached hydrogens (tertiary/aromatic N) is 3. The van der Waals surface area contributed by atoms with E-state index >= 15 is 0 Å². The van der Waals surface area contributed by atoms with Crippen molar-refractivity contribution in [2.75, 3.05) is 13.1 Å². The van der Waals surface area contributed by atoms with Gasteiger partial charge < -0.3 is 14.4 Å². The molecule has 0 bridgehead atoms. The third kappa shape index (κ3) is 3.64. The Hall–Kier alpha value is -2.09. The fourth-order valence-corrected chi connectivity index (χ4v) is 3.01. The van der Waals surface area contributed by atoms with E-state index < -0.39 is 11.9 Å². The highest BCUT2D eigenvalue weighted by atomic mass is 79.9. The molecule has 1 N–H and O–H groups in total. The molecule has 2 aromatic rings. The molecule has 3 rings (SSSR count). The van der Waals surface area contributed by atoms with Crippen LogP contribution in [0.25, 0.3) is 0 Å². The van der Waals surface area contributed by atoms with Crippen LogP contribution in [0, 0.1) is 5.92 Å². The molecule has 122 valence electrons.